The number of carbonyl (C=O) groups is 1. The van der Waals surface area contributed by atoms with Crippen LogP contribution in [-0.2, 0) is 9.53 Å². The second-order valence-electron chi connectivity index (χ2n) is 5.37. The fourth-order valence-corrected chi connectivity index (χ4v) is 2.51. The van der Waals surface area contributed by atoms with Crippen molar-refractivity contribution < 1.29 is 9.53 Å². The van der Waals surface area contributed by atoms with Crippen LogP contribution < -0.4 is 10.6 Å². The second kappa shape index (κ2) is 7.20. The minimum absolute atomic E-state index is 0.105. The first-order valence-corrected chi connectivity index (χ1v) is 7.52. The molecule has 1 aliphatic heterocycles. The maximum atomic E-state index is 11.9. The Morgan fingerprint density at radius 2 is 2.00 bits per heavy atom. The second-order valence-corrected chi connectivity index (χ2v) is 5.37. The van der Waals surface area contributed by atoms with Crippen molar-refractivity contribution in [1.82, 2.24) is 15.5 Å². The number of ether oxygens (including phenoxy) is 1. The molecule has 3 rings (SSSR count). The van der Waals surface area contributed by atoms with Crippen LogP contribution in [-0.4, -0.2) is 41.9 Å². The van der Waals surface area contributed by atoms with Gasteiger partial charge in [0.05, 0.1) is 12.3 Å². The van der Waals surface area contributed by atoms with Crippen LogP contribution in [0.1, 0.15) is 12.8 Å². The van der Waals surface area contributed by atoms with Crippen LogP contribution in [0.3, 0.4) is 0 Å². The lowest BCUT2D eigenvalue weighted by molar-refractivity contribution is -0.123. The number of carbonyl (C=O) groups excluding carboxylic acids is 1. The molecular formula is C16H20N4O2. The summed E-state index contributed by atoms with van der Waals surface area (Å²) < 4.78 is 5.64. The number of hydrogen-bond donors (Lipinski definition) is 3. The Morgan fingerprint density at radius 1 is 1.23 bits per heavy atom. The fourth-order valence-electron chi connectivity index (χ4n) is 2.51. The third-order valence-electron chi connectivity index (χ3n) is 3.74. The molecular weight excluding hydrogens is 280 g/mol. The summed E-state index contributed by atoms with van der Waals surface area (Å²) in [5.74, 6) is -0.116. The van der Waals surface area contributed by atoms with Crippen molar-refractivity contribution in [2.75, 3.05) is 25.0 Å². The molecule has 0 bridgehead atoms. The van der Waals surface area contributed by atoms with Gasteiger partial charge in [-0.2, -0.15) is 5.10 Å². The Morgan fingerprint density at radius 3 is 2.68 bits per heavy atom. The zero-order valence-corrected chi connectivity index (χ0v) is 12.3. The van der Waals surface area contributed by atoms with E-state index in [0.29, 0.717) is 0 Å². The van der Waals surface area contributed by atoms with Crippen LogP contribution >= 0.6 is 0 Å². The smallest absolute Gasteiger partial charge is 0.250 e. The monoisotopic (exact) mass is 300 g/mol. The molecule has 6 heteroatoms. The van der Waals surface area contributed by atoms with Crippen molar-refractivity contribution in [3.05, 3.63) is 36.7 Å². The molecule has 1 fully saturated rings. The van der Waals surface area contributed by atoms with E-state index >= 15 is 0 Å². The van der Waals surface area contributed by atoms with E-state index in [4.69, 9.17) is 4.74 Å². The zero-order chi connectivity index (χ0) is 15.2. The molecule has 2 aromatic rings. The molecule has 0 spiro atoms. The number of nitrogens with zero attached hydrogens (tertiary/aromatic N) is 1. The molecule has 1 saturated heterocycles. The van der Waals surface area contributed by atoms with Crippen molar-refractivity contribution in [1.29, 1.82) is 0 Å². The van der Waals surface area contributed by atoms with Gasteiger partial charge in [0.2, 0.25) is 5.91 Å². The van der Waals surface area contributed by atoms with Gasteiger partial charge >= 0.3 is 0 Å². The van der Waals surface area contributed by atoms with Gasteiger partial charge in [-0.15, -0.1) is 0 Å². The molecule has 6 nitrogen and oxygen atoms in total. The highest BCUT2D eigenvalue weighted by molar-refractivity contribution is 5.91. The fraction of sp³-hybridized carbons (Fsp3) is 0.375. The summed E-state index contributed by atoms with van der Waals surface area (Å²) in [6.07, 6.45) is 5.72. The summed E-state index contributed by atoms with van der Waals surface area (Å²) in [5, 5.41) is 12.8. The van der Waals surface area contributed by atoms with Crippen molar-refractivity contribution in [2.45, 2.75) is 18.9 Å². The Kier molecular flexibility index (Phi) is 4.82. The third-order valence-corrected chi connectivity index (χ3v) is 3.74. The lowest BCUT2D eigenvalue weighted by atomic mass is 10.1. The Bertz CT molecular complexity index is 589. The normalized spacial score (nSPS) is 15.6. The first-order valence-electron chi connectivity index (χ1n) is 7.52. The zero-order valence-electron chi connectivity index (χ0n) is 12.3. The Hall–Kier alpha value is -2.18. The third kappa shape index (κ3) is 3.93. The lowest BCUT2D eigenvalue weighted by Crippen LogP contribution is -2.34. The van der Waals surface area contributed by atoms with E-state index in [1.807, 2.05) is 30.5 Å². The summed E-state index contributed by atoms with van der Waals surface area (Å²) in [7, 11) is 0. The van der Waals surface area contributed by atoms with Gasteiger partial charge in [-0.05, 0) is 43.6 Å². The molecule has 1 aromatic heterocycles. The summed E-state index contributed by atoms with van der Waals surface area (Å²) in [6.45, 7) is 2.03. The van der Waals surface area contributed by atoms with Crippen molar-refractivity contribution in [3.8, 4) is 11.1 Å². The van der Waals surface area contributed by atoms with E-state index in [0.717, 1.165) is 42.7 Å². The number of benzene rings is 1. The van der Waals surface area contributed by atoms with Crippen LogP contribution in [0, 0.1) is 0 Å². The highest BCUT2D eigenvalue weighted by Gasteiger charge is 2.14. The molecule has 1 amide bonds. The number of H-pyrrole nitrogens is 1. The topological polar surface area (TPSA) is 79.0 Å². The molecule has 1 aliphatic rings. The predicted molar refractivity (Wildman–Crippen MR) is 84.5 cm³/mol. The van der Waals surface area contributed by atoms with Gasteiger partial charge in [-0.1, -0.05) is 12.1 Å². The summed E-state index contributed by atoms with van der Waals surface area (Å²) in [4.78, 5) is 11.9. The number of hydrogen-bond acceptors (Lipinski definition) is 4. The summed E-state index contributed by atoms with van der Waals surface area (Å²) in [6, 6.07) is 7.66. The van der Waals surface area contributed by atoms with Gasteiger partial charge in [0.25, 0.3) is 0 Å². The minimum Gasteiger partial charge on any atom is -0.368 e. The molecule has 0 unspecified atom stereocenters. The number of nitrogens with one attached hydrogen (secondary N) is 3. The molecule has 2 heterocycles. The average Bonchev–Trinajstić information content (AvgIpc) is 3.09. The number of anilines is 1. The van der Waals surface area contributed by atoms with E-state index in [1.54, 1.807) is 6.20 Å². The standard InChI is InChI=1S/C16H20N4O2/c21-16(11-22-15-5-7-17-8-6-15)20-14-3-1-12(2-4-14)13-9-18-19-10-13/h1-4,9-10,15,17H,5-8,11H2,(H,18,19)(H,20,21). The van der Waals surface area contributed by atoms with Gasteiger partial charge in [-0.3, -0.25) is 9.89 Å². The average molecular weight is 300 g/mol. The van der Waals surface area contributed by atoms with E-state index in [1.165, 1.54) is 0 Å². The van der Waals surface area contributed by atoms with Crippen molar-refractivity contribution in [2.24, 2.45) is 0 Å². The predicted octanol–water partition coefficient (Wildman–Crippen LogP) is 1.78. The van der Waals surface area contributed by atoms with E-state index in [2.05, 4.69) is 20.8 Å². The number of amides is 1. The van der Waals surface area contributed by atoms with Gasteiger partial charge < -0.3 is 15.4 Å². The van der Waals surface area contributed by atoms with Crippen molar-refractivity contribution in [3.63, 3.8) is 0 Å². The molecule has 0 radical (unpaired) electrons. The van der Waals surface area contributed by atoms with Gasteiger partial charge in [0, 0.05) is 17.4 Å². The van der Waals surface area contributed by atoms with Crippen molar-refractivity contribution >= 4 is 11.6 Å². The molecule has 22 heavy (non-hydrogen) atoms. The first kappa shape index (κ1) is 14.7. The van der Waals surface area contributed by atoms with Crippen LogP contribution in [0.5, 0.6) is 0 Å². The van der Waals surface area contributed by atoms with Gasteiger partial charge in [0.1, 0.15) is 6.61 Å². The van der Waals surface area contributed by atoms with Crippen LogP contribution in [0.4, 0.5) is 5.69 Å². The molecule has 0 atom stereocenters. The molecule has 1 aromatic carbocycles. The maximum absolute atomic E-state index is 11.9. The van der Waals surface area contributed by atoms with Gasteiger partial charge in [0.15, 0.2) is 0 Å². The number of aromatic nitrogens is 2. The van der Waals surface area contributed by atoms with Crippen LogP contribution in [0.25, 0.3) is 11.1 Å². The minimum atomic E-state index is -0.116. The van der Waals surface area contributed by atoms with E-state index in [9.17, 15) is 4.79 Å². The number of aromatic amines is 1. The number of piperidine rings is 1. The Balaban J connectivity index is 1.48. The largest absolute Gasteiger partial charge is 0.368 e. The van der Waals surface area contributed by atoms with E-state index in [-0.39, 0.29) is 18.6 Å². The first-order chi connectivity index (χ1) is 10.8. The molecule has 116 valence electrons. The molecule has 0 saturated carbocycles. The lowest BCUT2D eigenvalue weighted by Gasteiger charge is -2.22. The quantitative estimate of drug-likeness (QED) is 0.786. The maximum Gasteiger partial charge on any atom is 0.250 e. The van der Waals surface area contributed by atoms with E-state index < -0.39 is 0 Å². The highest BCUT2D eigenvalue weighted by Crippen LogP contribution is 2.20. The van der Waals surface area contributed by atoms with Gasteiger partial charge in [-0.25, -0.2) is 0 Å². The van der Waals surface area contributed by atoms with Crippen LogP contribution in [0.15, 0.2) is 36.7 Å². The van der Waals surface area contributed by atoms with Crippen LogP contribution in [0.2, 0.25) is 0 Å². The Labute approximate surface area is 129 Å². The number of rotatable bonds is 5. The summed E-state index contributed by atoms with van der Waals surface area (Å²) >= 11 is 0. The molecule has 3 N–H and O–H groups in total. The highest BCUT2D eigenvalue weighted by atomic mass is 16.5. The summed E-state index contributed by atoms with van der Waals surface area (Å²) in [5.41, 5.74) is 2.84. The molecule has 0 aliphatic carbocycles. The SMILES string of the molecule is O=C(COC1CCNCC1)Nc1ccc(-c2cn[nH]c2)cc1.